The van der Waals surface area contributed by atoms with Crippen molar-refractivity contribution in [3.8, 4) is 0 Å². The van der Waals surface area contributed by atoms with Crippen LogP contribution in [0.5, 0.6) is 0 Å². The summed E-state index contributed by atoms with van der Waals surface area (Å²) in [7, 11) is 1.73. The van der Waals surface area contributed by atoms with Crippen LogP contribution in [0, 0.1) is 11.8 Å². The van der Waals surface area contributed by atoms with Gasteiger partial charge < -0.3 is 19.3 Å². The quantitative estimate of drug-likeness (QED) is 0.895. The van der Waals surface area contributed by atoms with Gasteiger partial charge in [0.25, 0.3) is 0 Å². The molecule has 1 aliphatic rings. The van der Waals surface area contributed by atoms with Gasteiger partial charge in [0, 0.05) is 31.6 Å². The van der Waals surface area contributed by atoms with Gasteiger partial charge in [-0.1, -0.05) is 6.92 Å². The first-order valence-corrected chi connectivity index (χ1v) is 6.23. The van der Waals surface area contributed by atoms with E-state index in [1.165, 1.54) is 0 Å². The molecule has 6 heteroatoms. The number of urea groups is 1. The molecule has 0 spiro atoms. The highest BCUT2D eigenvalue weighted by Gasteiger charge is 2.38. The lowest BCUT2D eigenvalue weighted by Crippen LogP contribution is -2.56. The van der Waals surface area contributed by atoms with Crippen molar-refractivity contribution in [3.63, 3.8) is 0 Å². The van der Waals surface area contributed by atoms with E-state index in [-0.39, 0.29) is 11.9 Å². The summed E-state index contributed by atoms with van der Waals surface area (Å²) in [4.78, 5) is 26.2. The third kappa shape index (κ3) is 2.89. The van der Waals surface area contributed by atoms with E-state index in [2.05, 4.69) is 0 Å². The first kappa shape index (κ1) is 13.5. The van der Waals surface area contributed by atoms with Crippen LogP contribution < -0.4 is 0 Å². The molecule has 1 aliphatic heterocycles. The Morgan fingerprint density at radius 2 is 2.26 bits per heavy atom. The van der Waals surface area contributed by atoms with Crippen LogP contribution >= 0.6 is 0 Å². The molecular formula is C13H18N2O4. The van der Waals surface area contributed by atoms with Gasteiger partial charge in [0.15, 0.2) is 0 Å². The van der Waals surface area contributed by atoms with Crippen molar-refractivity contribution in [2.24, 2.45) is 11.8 Å². The molecule has 19 heavy (non-hydrogen) atoms. The number of likely N-dealkylation sites (tertiary alicyclic amines) is 1. The Morgan fingerprint density at radius 3 is 2.79 bits per heavy atom. The second kappa shape index (κ2) is 5.34. The van der Waals surface area contributed by atoms with Gasteiger partial charge in [-0.2, -0.15) is 0 Å². The standard InChI is InChI=1S/C13H18N2O4/c1-9(12(16)17)11-6-15(7-11)13(18)14(2)5-10-3-4-19-8-10/h3-4,8-9,11H,5-7H2,1-2H3,(H,16,17). The average molecular weight is 266 g/mol. The lowest BCUT2D eigenvalue weighted by molar-refractivity contribution is -0.144. The summed E-state index contributed by atoms with van der Waals surface area (Å²) < 4.78 is 4.95. The molecule has 2 amide bonds. The number of hydrogen-bond donors (Lipinski definition) is 1. The van der Waals surface area contributed by atoms with Crippen molar-refractivity contribution < 1.29 is 19.1 Å². The minimum absolute atomic E-state index is 0.0591. The number of carboxylic acids is 1. The van der Waals surface area contributed by atoms with Gasteiger partial charge in [-0.3, -0.25) is 4.79 Å². The summed E-state index contributed by atoms with van der Waals surface area (Å²) in [5, 5.41) is 8.90. The maximum Gasteiger partial charge on any atom is 0.320 e. The maximum absolute atomic E-state index is 12.1. The molecule has 104 valence electrons. The molecular weight excluding hydrogens is 248 g/mol. The van der Waals surface area contributed by atoms with Crippen LogP contribution in [0.2, 0.25) is 0 Å². The Balaban J connectivity index is 1.81. The minimum Gasteiger partial charge on any atom is -0.481 e. The third-order valence-electron chi connectivity index (χ3n) is 3.60. The van der Waals surface area contributed by atoms with Gasteiger partial charge in [-0.15, -0.1) is 0 Å². The molecule has 1 fully saturated rings. The Hall–Kier alpha value is -1.98. The van der Waals surface area contributed by atoms with Crippen LogP contribution in [0.3, 0.4) is 0 Å². The molecule has 0 saturated carbocycles. The zero-order chi connectivity index (χ0) is 14.0. The van der Waals surface area contributed by atoms with Gasteiger partial charge >= 0.3 is 12.0 Å². The summed E-state index contributed by atoms with van der Waals surface area (Å²) >= 11 is 0. The smallest absolute Gasteiger partial charge is 0.320 e. The summed E-state index contributed by atoms with van der Waals surface area (Å²) in [6, 6.07) is 1.74. The molecule has 1 aromatic rings. The summed E-state index contributed by atoms with van der Waals surface area (Å²) in [6.45, 7) is 3.21. The van der Waals surface area contributed by atoms with Gasteiger partial charge in [-0.05, 0) is 6.07 Å². The van der Waals surface area contributed by atoms with Gasteiger partial charge in [0.2, 0.25) is 0 Å². The number of aliphatic carboxylic acids is 1. The Bertz CT molecular complexity index is 451. The third-order valence-corrected chi connectivity index (χ3v) is 3.60. The normalized spacial score (nSPS) is 16.8. The maximum atomic E-state index is 12.1. The lowest BCUT2D eigenvalue weighted by Gasteiger charge is -2.42. The summed E-state index contributed by atoms with van der Waals surface area (Å²) in [6.07, 6.45) is 3.18. The van der Waals surface area contributed by atoms with Gasteiger partial charge in [-0.25, -0.2) is 4.79 Å². The molecule has 1 atom stereocenters. The molecule has 1 aromatic heterocycles. The van der Waals surface area contributed by atoms with Crippen molar-refractivity contribution in [3.05, 3.63) is 24.2 Å². The average Bonchev–Trinajstić information content (AvgIpc) is 2.79. The van der Waals surface area contributed by atoms with Crippen molar-refractivity contribution in [2.75, 3.05) is 20.1 Å². The number of carbonyl (C=O) groups excluding carboxylic acids is 1. The first-order chi connectivity index (χ1) is 8.99. The van der Waals surface area contributed by atoms with E-state index in [1.807, 2.05) is 6.07 Å². The molecule has 2 rings (SSSR count). The SMILES string of the molecule is CC(C(=O)O)C1CN(C(=O)N(C)Cc2ccoc2)C1. The van der Waals surface area contributed by atoms with Crippen LogP contribution in [0.1, 0.15) is 12.5 Å². The molecule has 1 N–H and O–H groups in total. The summed E-state index contributed by atoms with van der Waals surface area (Å²) in [5.74, 6) is -1.14. The first-order valence-electron chi connectivity index (χ1n) is 6.23. The highest BCUT2D eigenvalue weighted by Crippen LogP contribution is 2.25. The number of nitrogens with zero attached hydrogens (tertiary/aromatic N) is 2. The van der Waals surface area contributed by atoms with Crippen LogP contribution in [-0.2, 0) is 11.3 Å². The monoisotopic (exact) mass is 266 g/mol. The number of hydrogen-bond acceptors (Lipinski definition) is 3. The Labute approximate surface area is 111 Å². The van der Waals surface area contributed by atoms with E-state index in [1.54, 1.807) is 36.3 Å². The van der Waals surface area contributed by atoms with Crippen molar-refractivity contribution in [2.45, 2.75) is 13.5 Å². The predicted molar refractivity (Wildman–Crippen MR) is 67.4 cm³/mol. The van der Waals surface area contributed by atoms with E-state index >= 15 is 0 Å². The number of rotatable bonds is 4. The van der Waals surface area contributed by atoms with E-state index in [9.17, 15) is 9.59 Å². The number of furan rings is 1. The Kier molecular flexibility index (Phi) is 3.78. The second-order valence-corrected chi connectivity index (χ2v) is 5.06. The highest BCUT2D eigenvalue weighted by atomic mass is 16.4. The van der Waals surface area contributed by atoms with Crippen LogP contribution in [0.25, 0.3) is 0 Å². The fourth-order valence-corrected chi connectivity index (χ4v) is 2.15. The van der Waals surface area contributed by atoms with Crippen molar-refractivity contribution >= 4 is 12.0 Å². The van der Waals surface area contributed by atoms with Crippen LogP contribution in [0.15, 0.2) is 23.0 Å². The number of amides is 2. The fraction of sp³-hybridized carbons (Fsp3) is 0.538. The van der Waals surface area contributed by atoms with Crippen LogP contribution in [-0.4, -0.2) is 47.0 Å². The fourth-order valence-electron chi connectivity index (χ4n) is 2.15. The van der Waals surface area contributed by atoms with Crippen LogP contribution in [0.4, 0.5) is 4.79 Å². The predicted octanol–water partition coefficient (Wildman–Crippen LogP) is 1.48. The van der Waals surface area contributed by atoms with E-state index in [0.29, 0.717) is 19.6 Å². The largest absolute Gasteiger partial charge is 0.481 e. The lowest BCUT2D eigenvalue weighted by atomic mass is 9.87. The van der Waals surface area contributed by atoms with Gasteiger partial charge in [0.1, 0.15) is 0 Å². The zero-order valence-electron chi connectivity index (χ0n) is 11.1. The van der Waals surface area contributed by atoms with Gasteiger partial charge in [0.05, 0.1) is 25.0 Å². The molecule has 1 saturated heterocycles. The van der Waals surface area contributed by atoms with Crippen molar-refractivity contribution in [1.82, 2.24) is 9.80 Å². The van der Waals surface area contributed by atoms with Crippen molar-refractivity contribution in [1.29, 1.82) is 0 Å². The molecule has 0 bridgehead atoms. The number of carbonyl (C=O) groups is 2. The minimum atomic E-state index is -0.802. The summed E-state index contributed by atoms with van der Waals surface area (Å²) in [5.41, 5.74) is 0.937. The van der Waals surface area contributed by atoms with E-state index in [4.69, 9.17) is 9.52 Å². The molecule has 0 radical (unpaired) electrons. The topological polar surface area (TPSA) is 74.0 Å². The molecule has 6 nitrogen and oxygen atoms in total. The molecule has 0 aromatic carbocycles. The van der Waals surface area contributed by atoms with E-state index < -0.39 is 11.9 Å². The second-order valence-electron chi connectivity index (χ2n) is 5.06. The zero-order valence-corrected chi connectivity index (χ0v) is 11.1. The molecule has 0 aliphatic carbocycles. The van der Waals surface area contributed by atoms with E-state index in [0.717, 1.165) is 5.56 Å². The Morgan fingerprint density at radius 1 is 1.58 bits per heavy atom. The molecule has 2 heterocycles. The number of carboxylic acid groups (broad SMARTS) is 1. The highest BCUT2D eigenvalue weighted by molar-refractivity contribution is 5.76. The molecule has 1 unspecified atom stereocenters.